The van der Waals surface area contributed by atoms with Gasteiger partial charge in [-0.15, -0.1) is 0 Å². The third-order valence-electron chi connectivity index (χ3n) is 4.25. The van der Waals surface area contributed by atoms with Crippen LogP contribution in [0.5, 0.6) is 0 Å². The van der Waals surface area contributed by atoms with Crippen LogP contribution in [0.2, 0.25) is 0 Å². The third-order valence-corrected chi connectivity index (χ3v) is 4.25. The van der Waals surface area contributed by atoms with Crippen molar-refractivity contribution in [2.75, 3.05) is 32.7 Å². The number of piperidine rings is 1. The number of amides is 1. The molecular formula is C12H17N3O. The lowest BCUT2D eigenvalue weighted by Gasteiger charge is -2.22. The molecule has 0 N–H and O–H groups in total. The van der Waals surface area contributed by atoms with Gasteiger partial charge in [-0.05, 0) is 37.8 Å². The predicted molar refractivity (Wildman–Crippen MR) is 58.3 cm³/mol. The molecule has 3 aliphatic rings. The molecule has 0 bridgehead atoms. The van der Waals surface area contributed by atoms with Crippen molar-refractivity contribution in [1.82, 2.24) is 9.80 Å². The van der Waals surface area contributed by atoms with E-state index in [0.717, 1.165) is 26.2 Å². The number of nitriles is 1. The summed E-state index contributed by atoms with van der Waals surface area (Å²) in [7, 11) is 0. The van der Waals surface area contributed by atoms with E-state index in [-0.39, 0.29) is 11.8 Å². The number of carbonyl (C=O) groups excluding carboxylic acids is 1. The van der Waals surface area contributed by atoms with Gasteiger partial charge in [-0.2, -0.15) is 5.26 Å². The van der Waals surface area contributed by atoms with Crippen LogP contribution in [0.1, 0.15) is 12.8 Å². The van der Waals surface area contributed by atoms with Gasteiger partial charge in [0.1, 0.15) is 0 Å². The van der Waals surface area contributed by atoms with Crippen molar-refractivity contribution in [3.63, 3.8) is 0 Å². The highest BCUT2D eigenvalue weighted by Crippen LogP contribution is 2.51. The van der Waals surface area contributed by atoms with Crippen LogP contribution in [0, 0.1) is 29.1 Å². The molecule has 0 aromatic heterocycles. The summed E-state index contributed by atoms with van der Waals surface area (Å²) in [6, 6.07) is 2.33. The molecule has 0 radical (unpaired) electrons. The quantitative estimate of drug-likeness (QED) is 0.671. The molecular weight excluding hydrogens is 202 g/mol. The molecule has 2 heterocycles. The van der Waals surface area contributed by atoms with Crippen LogP contribution in [-0.4, -0.2) is 48.4 Å². The van der Waals surface area contributed by atoms with E-state index < -0.39 is 0 Å². The number of rotatable bonds is 2. The molecule has 16 heavy (non-hydrogen) atoms. The summed E-state index contributed by atoms with van der Waals surface area (Å²) in [5.74, 6) is 1.50. The van der Waals surface area contributed by atoms with E-state index in [1.54, 1.807) is 0 Å². The molecule has 3 atom stereocenters. The van der Waals surface area contributed by atoms with Gasteiger partial charge in [-0.1, -0.05) is 0 Å². The highest BCUT2D eigenvalue weighted by molar-refractivity contribution is 5.79. The number of hydrogen-bond donors (Lipinski definition) is 0. The summed E-state index contributed by atoms with van der Waals surface area (Å²) in [4.78, 5) is 16.2. The second kappa shape index (κ2) is 3.74. The number of fused-ring (bicyclic) bond motifs is 1. The van der Waals surface area contributed by atoms with E-state index in [1.165, 1.54) is 12.8 Å². The van der Waals surface area contributed by atoms with Gasteiger partial charge in [0.25, 0.3) is 0 Å². The fourth-order valence-corrected chi connectivity index (χ4v) is 3.15. The van der Waals surface area contributed by atoms with Crippen LogP contribution in [-0.2, 0) is 4.79 Å². The zero-order valence-electron chi connectivity index (χ0n) is 9.43. The first kappa shape index (κ1) is 10.1. The topological polar surface area (TPSA) is 47.3 Å². The van der Waals surface area contributed by atoms with E-state index >= 15 is 0 Å². The molecule has 4 nitrogen and oxygen atoms in total. The molecule has 2 aliphatic heterocycles. The molecule has 2 saturated heterocycles. The smallest absolute Gasteiger partial charge is 0.236 e. The Bertz CT molecular complexity index is 331. The van der Waals surface area contributed by atoms with Gasteiger partial charge in [0, 0.05) is 13.1 Å². The van der Waals surface area contributed by atoms with Gasteiger partial charge in [0.2, 0.25) is 5.91 Å². The van der Waals surface area contributed by atoms with Gasteiger partial charge < -0.3 is 4.90 Å². The Labute approximate surface area is 95.8 Å². The molecule has 0 aromatic carbocycles. The Balaban J connectivity index is 1.49. The third kappa shape index (κ3) is 1.60. The first-order valence-corrected chi connectivity index (χ1v) is 6.19. The number of hydrogen-bond acceptors (Lipinski definition) is 3. The van der Waals surface area contributed by atoms with Crippen molar-refractivity contribution in [3.05, 3.63) is 0 Å². The SMILES string of the molecule is N#CC1[C@H]2CN(C(=O)CN3CCCC3)C[C@@H]12. The highest BCUT2D eigenvalue weighted by Gasteiger charge is 2.57. The lowest BCUT2D eigenvalue weighted by Crippen LogP contribution is -2.39. The molecule has 3 rings (SSSR count). The molecule has 1 aliphatic carbocycles. The van der Waals surface area contributed by atoms with Crippen molar-refractivity contribution in [2.45, 2.75) is 12.8 Å². The van der Waals surface area contributed by atoms with Gasteiger partial charge in [-0.25, -0.2) is 0 Å². The Morgan fingerprint density at radius 1 is 1.25 bits per heavy atom. The normalized spacial score (nSPS) is 37.2. The summed E-state index contributed by atoms with van der Waals surface area (Å²) in [5.41, 5.74) is 0. The maximum absolute atomic E-state index is 12.0. The molecule has 1 amide bonds. The standard InChI is InChI=1S/C12H17N3O/c13-5-9-10-6-15(7-11(9)10)12(16)8-14-3-1-2-4-14/h9-11H,1-4,6-8H2/t9?,10-,11+. The first-order chi connectivity index (χ1) is 7.79. The fraction of sp³-hybridized carbons (Fsp3) is 0.833. The summed E-state index contributed by atoms with van der Waals surface area (Å²) < 4.78 is 0. The number of likely N-dealkylation sites (tertiary alicyclic amines) is 2. The minimum Gasteiger partial charge on any atom is -0.341 e. The van der Waals surface area contributed by atoms with Gasteiger partial charge in [0.15, 0.2) is 0 Å². The van der Waals surface area contributed by atoms with Crippen LogP contribution in [0.3, 0.4) is 0 Å². The fourth-order valence-electron chi connectivity index (χ4n) is 3.15. The monoisotopic (exact) mass is 219 g/mol. The lowest BCUT2D eigenvalue weighted by molar-refractivity contribution is -0.131. The van der Waals surface area contributed by atoms with Crippen molar-refractivity contribution in [2.24, 2.45) is 17.8 Å². The summed E-state index contributed by atoms with van der Waals surface area (Å²) in [6.45, 7) is 4.41. The average molecular weight is 219 g/mol. The molecule has 1 unspecified atom stereocenters. The van der Waals surface area contributed by atoms with Crippen LogP contribution >= 0.6 is 0 Å². The Kier molecular flexibility index (Phi) is 2.36. The molecule has 0 aromatic rings. The molecule has 86 valence electrons. The second-order valence-electron chi connectivity index (χ2n) is 5.26. The molecule has 1 saturated carbocycles. The van der Waals surface area contributed by atoms with Crippen molar-refractivity contribution < 1.29 is 4.79 Å². The van der Waals surface area contributed by atoms with Crippen LogP contribution in [0.4, 0.5) is 0 Å². The second-order valence-corrected chi connectivity index (χ2v) is 5.26. The molecule has 3 fully saturated rings. The van der Waals surface area contributed by atoms with E-state index in [4.69, 9.17) is 5.26 Å². The Morgan fingerprint density at radius 3 is 2.44 bits per heavy atom. The Hall–Kier alpha value is -1.08. The van der Waals surface area contributed by atoms with Crippen LogP contribution in [0.25, 0.3) is 0 Å². The van der Waals surface area contributed by atoms with E-state index in [0.29, 0.717) is 18.4 Å². The van der Waals surface area contributed by atoms with Gasteiger partial charge >= 0.3 is 0 Å². The first-order valence-electron chi connectivity index (χ1n) is 6.19. The maximum atomic E-state index is 12.0. The van der Waals surface area contributed by atoms with Crippen LogP contribution < -0.4 is 0 Å². The van der Waals surface area contributed by atoms with E-state index in [9.17, 15) is 4.79 Å². The minimum absolute atomic E-state index is 0.246. The summed E-state index contributed by atoms with van der Waals surface area (Å²) in [5, 5.41) is 8.80. The summed E-state index contributed by atoms with van der Waals surface area (Å²) >= 11 is 0. The van der Waals surface area contributed by atoms with Gasteiger partial charge in [0.05, 0.1) is 18.5 Å². The largest absolute Gasteiger partial charge is 0.341 e. The van der Waals surface area contributed by atoms with Crippen LogP contribution in [0.15, 0.2) is 0 Å². The maximum Gasteiger partial charge on any atom is 0.236 e. The van der Waals surface area contributed by atoms with Crippen molar-refractivity contribution in [3.8, 4) is 6.07 Å². The number of nitrogens with zero attached hydrogens (tertiary/aromatic N) is 3. The van der Waals surface area contributed by atoms with Crippen molar-refractivity contribution >= 4 is 5.91 Å². The van der Waals surface area contributed by atoms with Gasteiger partial charge in [-0.3, -0.25) is 9.69 Å². The predicted octanol–water partition coefficient (Wildman–Crippen LogP) is 0.310. The van der Waals surface area contributed by atoms with Crippen molar-refractivity contribution in [1.29, 1.82) is 5.26 Å². The zero-order valence-corrected chi connectivity index (χ0v) is 9.43. The summed E-state index contributed by atoms with van der Waals surface area (Å²) in [6.07, 6.45) is 2.46. The Morgan fingerprint density at radius 2 is 1.88 bits per heavy atom. The average Bonchev–Trinajstić information content (AvgIpc) is 2.75. The minimum atomic E-state index is 0.246. The lowest BCUT2D eigenvalue weighted by atomic mass is 10.3. The number of carbonyl (C=O) groups is 1. The van der Waals surface area contributed by atoms with E-state index in [1.807, 2.05) is 4.90 Å². The van der Waals surface area contributed by atoms with E-state index in [2.05, 4.69) is 11.0 Å². The highest BCUT2D eigenvalue weighted by atomic mass is 16.2. The molecule has 4 heteroatoms. The molecule has 0 spiro atoms. The zero-order chi connectivity index (χ0) is 11.1.